The maximum absolute atomic E-state index is 11.7. The molecule has 27 heavy (non-hydrogen) atoms. The summed E-state index contributed by atoms with van der Waals surface area (Å²) in [7, 11) is 1.64. The number of guanidine groups is 1. The van der Waals surface area contributed by atoms with Crippen LogP contribution in [0.3, 0.4) is 0 Å². The summed E-state index contributed by atoms with van der Waals surface area (Å²) in [5.74, 6) is 0.750. The highest BCUT2D eigenvalue weighted by atomic mass is 32.1. The minimum atomic E-state index is -0.0619. The molecule has 0 fully saturated rings. The second kappa shape index (κ2) is 11.3. The van der Waals surface area contributed by atoms with E-state index in [0.29, 0.717) is 12.1 Å². The number of hydrogen-bond acceptors (Lipinski definition) is 4. The molecule has 0 radical (unpaired) electrons. The van der Waals surface area contributed by atoms with Crippen LogP contribution in [-0.4, -0.2) is 43.5 Å². The number of carbonyl (C=O) groups is 1. The lowest BCUT2D eigenvalue weighted by Crippen LogP contribution is -2.38. The molecule has 1 aromatic heterocycles. The predicted molar refractivity (Wildman–Crippen MR) is 113 cm³/mol. The fraction of sp³-hybridized carbons (Fsp3) is 0.450. The second-order valence-electron chi connectivity index (χ2n) is 6.04. The van der Waals surface area contributed by atoms with Gasteiger partial charge in [-0.15, -0.1) is 11.3 Å². The molecular formula is C20H29N5OS. The Labute approximate surface area is 165 Å². The van der Waals surface area contributed by atoms with Gasteiger partial charge in [0.1, 0.15) is 0 Å². The van der Waals surface area contributed by atoms with Crippen LogP contribution in [-0.2, 0) is 19.3 Å². The first-order valence-electron chi connectivity index (χ1n) is 9.43. The normalized spacial score (nSPS) is 11.3. The zero-order chi connectivity index (χ0) is 19.5. The van der Waals surface area contributed by atoms with E-state index in [-0.39, 0.29) is 5.91 Å². The van der Waals surface area contributed by atoms with Crippen LogP contribution in [0.2, 0.25) is 0 Å². The van der Waals surface area contributed by atoms with Gasteiger partial charge in [-0.25, -0.2) is 4.98 Å². The number of aliphatic imine (C=N–C) groups is 1. The lowest BCUT2D eigenvalue weighted by atomic mass is 10.1. The number of carbonyl (C=O) groups excluding carboxylic acids is 1. The second-order valence-corrected chi connectivity index (χ2v) is 7.24. The highest BCUT2D eigenvalue weighted by Gasteiger charge is 2.04. The predicted octanol–water partition coefficient (Wildman–Crippen LogP) is 2.41. The van der Waals surface area contributed by atoms with Gasteiger partial charge in [0.05, 0.1) is 5.01 Å². The van der Waals surface area contributed by atoms with Crippen LogP contribution in [0, 0.1) is 0 Å². The monoisotopic (exact) mass is 387 g/mol. The molecule has 1 aromatic carbocycles. The lowest BCUT2D eigenvalue weighted by Gasteiger charge is -2.11. The van der Waals surface area contributed by atoms with Crippen molar-refractivity contribution in [2.45, 2.75) is 33.1 Å². The van der Waals surface area contributed by atoms with Crippen molar-refractivity contribution in [2.75, 3.05) is 26.7 Å². The maximum Gasteiger partial charge on any atom is 0.251 e. The van der Waals surface area contributed by atoms with Crippen LogP contribution in [0.25, 0.3) is 0 Å². The van der Waals surface area contributed by atoms with Gasteiger partial charge in [0.2, 0.25) is 0 Å². The third kappa shape index (κ3) is 7.02. The van der Waals surface area contributed by atoms with E-state index in [0.717, 1.165) is 48.9 Å². The average Bonchev–Trinajstić information content (AvgIpc) is 3.15. The first kappa shape index (κ1) is 20.9. The summed E-state index contributed by atoms with van der Waals surface area (Å²) in [6, 6.07) is 7.70. The standard InChI is InChI=1S/C20H29N5OS/c1-4-17-14-25-18(27-17)10-12-24-20(22-5-2)23-11-9-15-7-6-8-16(13-15)19(26)21-3/h6-8,13-14H,4-5,9-12H2,1-3H3,(H,21,26)(H2,22,23,24). The van der Waals surface area contributed by atoms with Gasteiger partial charge in [0, 0.05) is 49.7 Å². The topological polar surface area (TPSA) is 78.4 Å². The molecule has 3 N–H and O–H groups in total. The number of aromatic nitrogens is 1. The fourth-order valence-electron chi connectivity index (χ4n) is 2.57. The Kier molecular flexibility index (Phi) is 8.77. The summed E-state index contributed by atoms with van der Waals surface area (Å²) >= 11 is 1.76. The van der Waals surface area contributed by atoms with Gasteiger partial charge in [-0.05, 0) is 37.5 Å². The van der Waals surface area contributed by atoms with E-state index in [4.69, 9.17) is 0 Å². The van der Waals surface area contributed by atoms with Crippen molar-refractivity contribution in [1.82, 2.24) is 20.9 Å². The first-order chi connectivity index (χ1) is 13.2. The van der Waals surface area contributed by atoms with Crippen LogP contribution < -0.4 is 16.0 Å². The molecule has 0 aliphatic heterocycles. The average molecular weight is 388 g/mol. The molecule has 0 unspecified atom stereocenters. The van der Waals surface area contributed by atoms with Gasteiger partial charge >= 0.3 is 0 Å². The molecule has 0 saturated heterocycles. The van der Waals surface area contributed by atoms with Crippen molar-refractivity contribution >= 4 is 23.2 Å². The number of aryl methyl sites for hydroxylation is 1. The van der Waals surface area contributed by atoms with Gasteiger partial charge in [-0.2, -0.15) is 0 Å². The third-order valence-corrected chi connectivity index (χ3v) is 5.21. The van der Waals surface area contributed by atoms with Crippen molar-refractivity contribution in [1.29, 1.82) is 0 Å². The molecule has 0 aliphatic carbocycles. The van der Waals surface area contributed by atoms with E-state index in [1.54, 1.807) is 18.4 Å². The van der Waals surface area contributed by atoms with Crippen molar-refractivity contribution in [3.63, 3.8) is 0 Å². The fourth-order valence-corrected chi connectivity index (χ4v) is 3.42. The van der Waals surface area contributed by atoms with Gasteiger partial charge in [0.15, 0.2) is 5.96 Å². The molecule has 6 nitrogen and oxygen atoms in total. The van der Waals surface area contributed by atoms with E-state index in [1.807, 2.05) is 30.5 Å². The minimum Gasteiger partial charge on any atom is -0.357 e. The van der Waals surface area contributed by atoms with Crippen molar-refractivity contribution in [2.24, 2.45) is 4.99 Å². The van der Waals surface area contributed by atoms with Gasteiger partial charge in [0.25, 0.3) is 5.91 Å². The van der Waals surface area contributed by atoms with Crippen LogP contribution >= 0.6 is 11.3 Å². The highest BCUT2D eigenvalue weighted by molar-refractivity contribution is 7.11. The SMILES string of the molecule is CCNC(=NCCc1ncc(CC)s1)NCCc1cccc(C(=O)NC)c1. The number of nitrogens with zero attached hydrogens (tertiary/aromatic N) is 2. The molecule has 0 spiro atoms. The van der Waals surface area contributed by atoms with Gasteiger partial charge in [-0.1, -0.05) is 19.1 Å². The number of nitrogens with one attached hydrogen (secondary N) is 3. The van der Waals surface area contributed by atoms with E-state index in [9.17, 15) is 4.79 Å². The summed E-state index contributed by atoms with van der Waals surface area (Å²) in [6.45, 7) is 6.47. The van der Waals surface area contributed by atoms with Crippen molar-refractivity contribution < 1.29 is 4.79 Å². The van der Waals surface area contributed by atoms with Crippen LogP contribution in [0.5, 0.6) is 0 Å². The first-order valence-corrected chi connectivity index (χ1v) is 10.2. The summed E-state index contributed by atoms with van der Waals surface area (Å²) in [4.78, 5) is 22.1. The number of benzene rings is 1. The minimum absolute atomic E-state index is 0.0619. The Hall–Kier alpha value is -2.41. The lowest BCUT2D eigenvalue weighted by molar-refractivity contribution is 0.0963. The van der Waals surface area contributed by atoms with E-state index < -0.39 is 0 Å². The smallest absolute Gasteiger partial charge is 0.251 e. The zero-order valence-electron chi connectivity index (χ0n) is 16.3. The number of rotatable bonds is 9. The van der Waals surface area contributed by atoms with Crippen LogP contribution in [0.15, 0.2) is 35.5 Å². The third-order valence-electron chi connectivity index (χ3n) is 4.01. The van der Waals surface area contributed by atoms with Gasteiger partial charge < -0.3 is 16.0 Å². The number of hydrogen-bond donors (Lipinski definition) is 3. The molecular weight excluding hydrogens is 358 g/mol. The Bertz CT molecular complexity index is 756. The quantitative estimate of drug-likeness (QED) is 0.456. The van der Waals surface area contributed by atoms with E-state index in [2.05, 4.69) is 39.8 Å². The van der Waals surface area contributed by atoms with Gasteiger partial charge in [-0.3, -0.25) is 9.79 Å². The number of thiazole rings is 1. The Morgan fingerprint density at radius 3 is 2.78 bits per heavy atom. The van der Waals surface area contributed by atoms with E-state index >= 15 is 0 Å². The molecule has 0 saturated carbocycles. The molecule has 1 heterocycles. The highest BCUT2D eigenvalue weighted by Crippen LogP contribution is 2.13. The number of amides is 1. The Morgan fingerprint density at radius 1 is 1.22 bits per heavy atom. The van der Waals surface area contributed by atoms with Crippen LogP contribution in [0.4, 0.5) is 0 Å². The summed E-state index contributed by atoms with van der Waals surface area (Å²) in [5, 5.41) is 10.4. The summed E-state index contributed by atoms with van der Waals surface area (Å²) in [6.07, 6.45) is 4.67. The molecule has 146 valence electrons. The maximum atomic E-state index is 11.7. The van der Waals surface area contributed by atoms with E-state index in [1.165, 1.54) is 4.88 Å². The molecule has 1 amide bonds. The summed E-state index contributed by atoms with van der Waals surface area (Å²) < 4.78 is 0. The largest absolute Gasteiger partial charge is 0.357 e. The zero-order valence-corrected chi connectivity index (χ0v) is 17.2. The Morgan fingerprint density at radius 2 is 2.07 bits per heavy atom. The molecule has 2 aromatic rings. The Balaban J connectivity index is 1.83. The van der Waals surface area contributed by atoms with Crippen LogP contribution in [0.1, 0.15) is 39.7 Å². The van der Waals surface area contributed by atoms with Crippen molar-refractivity contribution in [3.8, 4) is 0 Å². The molecule has 0 bridgehead atoms. The molecule has 0 atom stereocenters. The van der Waals surface area contributed by atoms with Crippen molar-refractivity contribution in [3.05, 3.63) is 51.5 Å². The molecule has 0 aliphatic rings. The summed E-state index contributed by atoms with van der Waals surface area (Å²) in [5.41, 5.74) is 1.81. The molecule has 2 rings (SSSR count). The molecule has 7 heteroatoms.